The zero-order chi connectivity index (χ0) is 23.4. The molecule has 0 bridgehead atoms. The predicted molar refractivity (Wildman–Crippen MR) is 101 cm³/mol. The Bertz CT molecular complexity index is 429. The molecule has 0 N–H and O–H groups in total. The summed E-state index contributed by atoms with van der Waals surface area (Å²) in [5.74, 6) is -7.14. The van der Waals surface area contributed by atoms with Gasteiger partial charge in [-0.1, -0.05) is 49.1 Å². The first-order valence-corrected chi connectivity index (χ1v) is 7.64. The Hall–Kier alpha value is -1.08. The highest BCUT2D eigenvalue weighted by molar-refractivity contribution is 4.93. The quantitative estimate of drug-likeness (QED) is 0.240. The minimum absolute atomic E-state index is 0. The lowest BCUT2D eigenvalue weighted by molar-refractivity contribution is -0.514. The van der Waals surface area contributed by atoms with Crippen LogP contribution in [0.15, 0.2) is 12.4 Å². The van der Waals surface area contributed by atoms with Crippen molar-refractivity contribution in [3.05, 3.63) is 12.4 Å². The summed E-state index contributed by atoms with van der Waals surface area (Å²) < 4.78 is 131. The van der Waals surface area contributed by atoms with Crippen molar-refractivity contribution in [2.24, 2.45) is 5.92 Å². The van der Waals surface area contributed by atoms with Gasteiger partial charge in [0.2, 0.25) is 0 Å². The fourth-order valence-corrected chi connectivity index (χ4v) is 0.747. The van der Waals surface area contributed by atoms with E-state index in [1.54, 1.807) is 0 Å². The zero-order valence-corrected chi connectivity index (χ0v) is 15.9. The number of methoxy groups -OCH3 is 1. The van der Waals surface area contributed by atoms with Gasteiger partial charge in [0.15, 0.2) is 5.83 Å². The molecule has 0 rings (SSSR count). The lowest BCUT2D eigenvalue weighted by atomic mass is 10.1. The molecule has 2 unspecified atom stereocenters. The predicted octanol–water partition coefficient (Wildman–Crippen LogP) is 8.46. The fourth-order valence-electron chi connectivity index (χ4n) is 0.747. The highest BCUT2D eigenvalue weighted by Gasteiger charge is 2.63. The van der Waals surface area contributed by atoms with Gasteiger partial charge in [0.25, 0.3) is 0 Å². The van der Waals surface area contributed by atoms with E-state index in [1.807, 2.05) is 20.4 Å². The molecule has 31 heavy (non-hydrogen) atoms. The van der Waals surface area contributed by atoms with Gasteiger partial charge in [0, 0.05) is 14.0 Å². The molecule has 0 aromatic rings. The zero-order valence-electron chi connectivity index (χ0n) is 15.9. The van der Waals surface area contributed by atoms with Crippen molar-refractivity contribution in [3.63, 3.8) is 0 Å². The number of rotatable bonds is 9. The van der Waals surface area contributed by atoms with Crippen molar-refractivity contribution in [2.45, 2.75) is 80.8 Å². The smallest absolute Gasteiger partial charge is 0.299 e. The van der Waals surface area contributed by atoms with Crippen LogP contribution in [-0.4, -0.2) is 44.8 Å². The van der Waals surface area contributed by atoms with E-state index >= 15 is 0 Å². The van der Waals surface area contributed by atoms with E-state index in [0.29, 0.717) is 0 Å². The second-order valence-electron chi connectivity index (χ2n) is 5.16. The molecule has 0 spiro atoms. The number of ether oxygens (including phenoxy) is 3. The number of alkyl halides is 9. The van der Waals surface area contributed by atoms with Crippen LogP contribution in [0.1, 0.15) is 56.4 Å². The summed E-state index contributed by atoms with van der Waals surface area (Å²) in [6.45, 7) is 6.58. The van der Waals surface area contributed by atoms with Crippen molar-refractivity contribution < 1.29 is 58.1 Å². The third-order valence-corrected chi connectivity index (χ3v) is 2.60. The topological polar surface area (TPSA) is 27.7 Å². The lowest BCUT2D eigenvalue weighted by Gasteiger charge is -2.33. The number of hydrogen-bond acceptors (Lipinski definition) is 3. The molecule has 13 heteroatoms. The molecule has 0 aromatic carbocycles. The molecule has 0 aliphatic rings. The summed E-state index contributed by atoms with van der Waals surface area (Å²) in [5, 5.41) is 0. The highest BCUT2D eigenvalue weighted by atomic mass is 19.3. The average molecular weight is 490 g/mol. The van der Waals surface area contributed by atoms with E-state index in [4.69, 9.17) is 0 Å². The van der Waals surface area contributed by atoms with Crippen molar-refractivity contribution in [2.75, 3.05) is 20.5 Å². The fraction of sp³-hybridized carbons (Fsp3) is 0.889. The van der Waals surface area contributed by atoms with Crippen molar-refractivity contribution in [3.8, 4) is 0 Å². The van der Waals surface area contributed by atoms with Crippen LogP contribution in [0.2, 0.25) is 0 Å². The van der Waals surface area contributed by atoms with Gasteiger partial charge < -0.3 is 0 Å². The molecular formula is C18H36F10O3. The monoisotopic (exact) mass is 490 g/mol. The van der Waals surface area contributed by atoms with Crippen molar-refractivity contribution >= 4 is 0 Å². The van der Waals surface area contributed by atoms with E-state index in [2.05, 4.69) is 14.2 Å². The molecule has 0 aromatic heterocycles. The number of hydrogen-bond donors (Lipinski definition) is 0. The van der Waals surface area contributed by atoms with Crippen LogP contribution in [0.25, 0.3) is 0 Å². The molecule has 0 fully saturated rings. The molecule has 3 nitrogen and oxygen atoms in total. The van der Waals surface area contributed by atoms with Crippen molar-refractivity contribution in [1.29, 1.82) is 0 Å². The van der Waals surface area contributed by atoms with Gasteiger partial charge in [0.05, 0.1) is 13.3 Å². The molecular weight excluding hydrogens is 454 g/mol. The highest BCUT2D eigenvalue weighted by Crippen LogP contribution is 2.43. The molecule has 0 radical (unpaired) electrons. The van der Waals surface area contributed by atoms with Crippen LogP contribution in [-0.2, 0) is 14.2 Å². The summed E-state index contributed by atoms with van der Waals surface area (Å²) in [4.78, 5) is 0. The Labute approximate surface area is 178 Å². The Balaban J connectivity index is -0.000000111. The summed E-state index contributed by atoms with van der Waals surface area (Å²) >= 11 is 0. The van der Waals surface area contributed by atoms with E-state index in [-0.39, 0.29) is 55.6 Å². The molecule has 0 saturated carbocycles. The SMILES string of the molecule is C.C.C.C=C(F)C(F)(F)OC(C)(F)C(F)(F)OC(F)(F)OC.CCC(C)CF.CCF. The maximum absolute atomic E-state index is 13.2. The maximum atomic E-state index is 13.2. The van der Waals surface area contributed by atoms with Crippen LogP contribution in [0.5, 0.6) is 0 Å². The second kappa shape index (κ2) is 18.5. The molecule has 0 amide bonds. The molecule has 0 aliphatic carbocycles. The van der Waals surface area contributed by atoms with Gasteiger partial charge in [0.1, 0.15) is 0 Å². The first-order valence-electron chi connectivity index (χ1n) is 7.64. The van der Waals surface area contributed by atoms with Gasteiger partial charge in [-0.05, 0) is 12.8 Å². The third kappa shape index (κ3) is 19.3. The second-order valence-corrected chi connectivity index (χ2v) is 5.16. The standard InChI is InChI=1S/C8H8F8O3.C5H11F.C2H5F.3CH4/c1-4(9)6(11,12)18-5(2,10)7(13,14)19-8(15,16)17-3;1-3-5(2)4-6;1-2-3;;;/h1H2,2-3H3;5H,3-4H2,1-2H3;2H2,1H3;3*1H4. The summed E-state index contributed by atoms with van der Waals surface area (Å²) in [6.07, 6.45) is -14.8. The number of halogens is 10. The maximum Gasteiger partial charge on any atom is 0.490 e. The van der Waals surface area contributed by atoms with Gasteiger partial charge in [-0.15, -0.1) is 8.78 Å². The summed E-state index contributed by atoms with van der Waals surface area (Å²) in [5.41, 5.74) is 0. The minimum atomic E-state index is -5.58. The van der Waals surface area contributed by atoms with Crippen LogP contribution in [0.4, 0.5) is 43.9 Å². The third-order valence-electron chi connectivity index (χ3n) is 2.60. The Morgan fingerprint density at radius 3 is 1.45 bits per heavy atom. The first kappa shape index (κ1) is 43.7. The van der Waals surface area contributed by atoms with Crippen LogP contribution >= 0.6 is 0 Å². The van der Waals surface area contributed by atoms with Crippen LogP contribution < -0.4 is 0 Å². The first-order chi connectivity index (χ1) is 12.4. The normalized spacial score (nSPS) is 13.9. The van der Waals surface area contributed by atoms with Crippen LogP contribution in [0, 0.1) is 5.92 Å². The molecule has 0 heterocycles. The van der Waals surface area contributed by atoms with E-state index in [0.717, 1.165) is 6.42 Å². The van der Waals surface area contributed by atoms with Crippen molar-refractivity contribution in [1.82, 2.24) is 0 Å². The van der Waals surface area contributed by atoms with Crippen LogP contribution in [0.3, 0.4) is 0 Å². The van der Waals surface area contributed by atoms with Gasteiger partial charge in [-0.25, -0.2) is 13.5 Å². The molecule has 0 saturated heterocycles. The summed E-state index contributed by atoms with van der Waals surface area (Å²) in [7, 11) is 0.227. The lowest BCUT2D eigenvalue weighted by Crippen LogP contribution is -2.53. The van der Waals surface area contributed by atoms with E-state index in [1.165, 1.54) is 6.92 Å². The Morgan fingerprint density at radius 2 is 1.26 bits per heavy atom. The van der Waals surface area contributed by atoms with E-state index in [9.17, 15) is 43.9 Å². The van der Waals surface area contributed by atoms with Gasteiger partial charge >= 0.3 is 24.4 Å². The molecule has 2 atom stereocenters. The van der Waals surface area contributed by atoms with E-state index < -0.39 is 30.2 Å². The van der Waals surface area contributed by atoms with Gasteiger partial charge in [-0.3, -0.25) is 18.3 Å². The summed E-state index contributed by atoms with van der Waals surface area (Å²) in [6, 6.07) is 0. The molecule has 196 valence electrons. The van der Waals surface area contributed by atoms with Gasteiger partial charge in [-0.2, -0.15) is 17.6 Å². The average Bonchev–Trinajstić information content (AvgIpc) is 2.53. The minimum Gasteiger partial charge on any atom is -0.299 e. The Kier molecular flexibility index (Phi) is 26.1. The largest absolute Gasteiger partial charge is 0.490 e. The molecule has 0 aliphatic heterocycles. The Morgan fingerprint density at radius 1 is 0.903 bits per heavy atom.